The average Bonchev–Trinajstić information content (AvgIpc) is 3.08. The van der Waals surface area contributed by atoms with Crippen molar-refractivity contribution in [3.05, 3.63) is 71.3 Å². The van der Waals surface area contributed by atoms with Gasteiger partial charge in [-0.05, 0) is 34.9 Å². The van der Waals surface area contributed by atoms with Crippen molar-refractivity contribution in [2.75, 3.05) is 19.6 Å². The third-order valence-corrected chi connectivity index (χ3v) is 6.04. The van der Waals surface area contributed by atoms with Crippen LogP contribution in [0, 0.1) is 11.8 Å². The molecule has 0 aromatic heterocycles. The lowest BCUT2D eigenvalue weighted by molar-refractivity contribution is 0.178. The number of carbonyl (C=O) groups is 1. The van der Waals surface area contributed by atoms with E-state index in [2.05, 4.69) is 59.2 Å². The Morgan fingerprint density at radius 1 is 1.00 bits per heavy atom. The highest BCUT2D eigenvalue weighted by Crippen LogP contribution is 2.42. The molecule has 3 atom stereocenters. The smallest absolute Gasteiger partial charge is 0.318 e. The quantitative estimate of drug-likeness (QED) is 0.887. The zero-order valence-electron chi connectivity index (χ0n) is 14.2. The lowest BCUT2D eigenvalue weighted by Gasteiger charge is -2.38. The van der Waals surface area contributed by atoms with Crippen molar-refractivity contribution in [3.63, 3.8) is 0 Å². The van der Waals surface area contributed by atoms with Gasteiger partial charge in [-0.15, -0.1) is 0 Å². The van der Waals surface area contributed by atoms with Crippen LogP contribution >= 0.6 is 0 Å². The molecule has 4 heteroatoms. The molecule has 1 saturated carbocycles. The molecule has 0 radical (unpaired) electrons. The molecule has 1 aliphatic carbocycles. The molecule has 5 rings (SSSR count). The van der Waals surface area contributed by atoms with Crippen LogP contribution in [0.3, 0.4) is 0 Å². The molecule has 1 saturated heterocycles. The van der Waals surface area contributed by atoms with Crippen LogP contribution in [0.4, 0.5) is 4.79 Å². The summed E-state index contributed by atoms with van der Waals surface area (Å²) in [5, 5.41) is 6.69. The van der Waals surface area contributed by atoms with Crippen LogP contribution in [0.1, 0.15) is 22.7 Å². The minimum atomic E-state index is 0.00265. The predicted molar refractivity (Wildman–Crippen MR) is 97.3 cm³/mol. The van der Waals surface area contributed by atoms with Gasteiger partial charge in [0, 0.05) is 25.7 Å². The summed E-state index contributed by atoms with van der Waals surface area (Å²) >= 11 is 0. The van der Waals surface area contributed by atoms with E-state index in [4.69, 9.17) is 0 Å². The van der Waals surface area contributed by atoms with Gasteiger partial charge in [0.15, 0.2) is 0 Å². The van der Waals surface area contributed by atoms with E-state index in [9.17, 15) is 4.79 Å². The first kappa shape index (κ1) is 15.0. The second-order valence-corrected chi connectivity index (χ2v) is 7.42. The van der Waals surface area contributed by atoms with Gasteiger partial charge in [0.1, 0.15) is 0 Å². The number of hydrogen-bond acceptors (Lipinski definition) is 2. The molecule has 2 fully saturated rings. The Kier molecular flexibility index (Phi) is 3.52. The number of fused-ring (bicyclic) bond motifs is 2. The Bertz CT molecular complexity index is 781. The molecule has 4 nitrogen and oxygen atoms in total. The molecule has 3 unspecified atom stereocenters. The third-order valence-electron chi connectivity index (χ3n) is 6.04. The van der Waals surface area contributed by atoms with E-state index in [0.717, 1.165) is 26.1 Å². The van der Waals surface area contributed by atoms with Crippen molar-refractivity contribution in [1.29, 1.82) is 0 Å². The Hall–Kier alpha value is -2.33. The number of carbonyl (C=O) groups excluding carboxylic acids is 1. The van der Waals surface area contributed by atoms with Gasteiger partial charge >= 0.3 is 6.03 Å². The van der Waals surface area contributed by atoms with Crippen LogP contribution in [-0.2, 0) is 6.42 Å². The van der Waals surface area contributed by atoms with E-state index in [1.807, 2.05) is 11.0 Å². The van der Waals surface area contributed by atoms with E-state index in [1.54, 1.807) is 0 Å². The molecule has 2 aromatic rings. The maximum absolute atomic E-state index is 13.1. The minimum absolute atomic E-state index is 0.00265. The number of rotatable bonds is 2. The molecule has 2 aromatic carbocycles. The van der Waals surface area contributed by atoms with Crippen LogP contribution < -0.4 is 10.6 Å². The molecule has 2 aliphatic heterocycles. The van der Waals surface area contributed by atoms with Gasteiger partial charge in [0.2, 0.25) is 0 Å². The van der Waals surface area contributed by atoms with Gasteiger partial charge in [-0.1, -0.05) is 54.6 Å². The zero-order chi connectivity index (χ0) is 16.8. The Morgan fingerprint density at radius 2 is 1.72 bits per heavy atom. The van der Waals surface area contributed by atoms with Crippen molar-refractivity contribution in [3.8, 4) is 0 Å². The number of amides is 2. The highest BCUT2D eigenvalue weighted by atomic mass is 16.2. The zero-order valence-corrected chi connectivity index (χ0v) is 14.2. The number of piperidine rings is 1. The Morgan fingerprint density at radius 3 is 2.52 bits per heavy atom. The maximum Gasteiger partial charge on any atom is 0.318 e. The number of nitrogens with one attached hydrogen (secondary N) is 2. The SMILES string of the molecule is O=C(NC1C2CNCC21)N1CCc2ccccc2C1c1ccccc1. The van der Waals surface area contributed by atoms with Crippen molar-refractivity contribution in [2.45, 2.75) is 18.5 Å². The van der Waals surface area contributed by atoms with Gasteiger partial charge in [-0.2, -0.15) is 0 Å². The van der Waals surface area contributed by atoms with E-state index in [0.29, 0.717) is 17.9 Å². The van der Waals surface area contributed by atoms with Crippen LogP contribution in [-0.4, -0.2) is 36.6 Å². The lowest BCUT2D eigenvalue weighted by Crippen LogP contribution is -2.47. The average molecular weight is 333 g/mol. The molecule has 0 bridgehead atoms. The molecule has 2 amide bonds. The van der Waals surface area contributed by atoms with E-state index < -0.39 is 0 Å². The van der Waals surface area contributed by atoms with Gasteiger partial charge in [0.05, 0.1) is 6.04 Å². The largest absolute Gasteiger partial charge is 0.335 e. The standard InChI is InChI=1S/C21H23N3O/c25-21(23-19-17-12-22-13-18(17)19)24-11-10-14-6-4-5-9-16(14)20(24)15-7-2-1-3-8-15/h1-9,17-20,22H,10-13H2,(H,23,25). The molecular formula is C21H23N3O. The monoisotopic (exact) mass is 333 g/mol. The van der Waals surface area contributed by atoms with E-state index in [-0.39, 0.29) is 12.1 Å². The predicted octanol–water partition coefficient (Wildman–Crippen LogP) is 2.56. The number of hydrogen-bond donors (Lipinski definition) is 2. The number of urea groups is 1. The summed E-state index contributed by atoms with van der Waals surface area (Å²) in [6.45, 7) is 2.85. The molecule has 25 heavy (non-hydrogen) atoms. The second kappa shape index (κ2) is 5.88. The van der Waals surface area contributed by atoms with Crippen LogP contribution in [0.25, 0.3) is 0 Å². The topological polar surface area (TPSA) is 44.4 Å². The summed E-state index contributed by atoms with van der Waals surface area (Å²) in [6.07, 6.45) is 0.923. The summed E-state index contributed by atoms with van der Waals surface area (Å²) in [4.78, 5) is 15.1. The van der Waals surface area contributed by atoms with Crippen LogP contribution in [0.2, 0.25) is 0 Å². The fourth-order valence-electron chi connectivity index (χ4n) is 4.64. The molecule has 128 valence electrons. The Balaban J connectivity index is 1.45. The first-order chi connectivity index (χ1) is 12.3. The van der Waals surface area contributed by atoms with Crippen LogP contribution in [0.15, 0.2) is 54.6 Å². The first-order valence-electron chi connectivity index (χ1n) is 9.23. The summed E-state index contributed by atoms with van der Waals surface area (Å²) in [5.74, 6) is 1.27. The van der Waals surface area contributed by atoms with Crippen LogP contribution in [0.5, 0.6) is 0 Å². The molecule has 0 spiro atoms. The van der Waals surface area contributed by atoms with Gasteiger partial charge in [-0.3, -0.25) is 0 Å². The van der Waals surface area contributed by atoms with Gasteiger partial charge in [-0.25, -0.2) is 4.79 Å². The van der Waals surface area contributed by atoms with Crippen molar-refractivity contribution in [2.24, 2.45) is 11.8 Å². The second-order valence-electron chi connectivity index (χ2n) is 7.42. The lowest BCUT2D eigenvalue weighted by atomic mass is 9.88. The highest BCUT2D eigenvalue weighted by Gasteiger charge is 2.54. The molecule has 2 heterocycles. The van der Waals surface area contributed by atoms with E-state index >= 15 is 0 Å². The Labute approximate surface area is 148 Å². The minimum Gasteiger partial charge on any atom is -0.335 e. The fraction of sp³-hybridized carbons (Fsp3) is 0.381. The third kappa shape index (κ3) is 2.52. The summed E-state index contributed by atoms with van der Waals surface area (Å²) in [7, 11) is 0. The van der Waals surface area contributed by atoms with E-state index in [1.165, 1.54) is 16.7 Å². The van der Waals surface area contributed by atoms with Crippen molar-refractivity contribution < 1.29 is 4.79 Å². The molecule has 2 N–H and O–H groups in total. The summed E-state index contributed by atoms with van der Waals surface area (Å²) in [5.41, 5.74) is 3.79. The maximum atomic E-state index is 13.1. The van der Waals surface area contributed by atoms with Crippen molar-refractivity contribution >= 4 is 6.03 Å². The molecular weight excluding hydrogens is 310 g/mol. The number of nitrogens with zero attached hydrogens (tertiary/aromatic N) is 1. The molecule has 3 aliphatic rings. The fourth-order valence-corrected chi connectivity index (χ4v) is 4.64. The highest BCUT2D eigenvalue weighted by molar-refractivity contribution is 5.77. The number of benzene rings is 2. The summed E-state index contributed by atoms with van der Waals surface area (Å²) < 4.78 is 0. The van der Waals surface area contributed by atoms with Crippen molar-refractivity contribution in [1.82, 2.24) is 15.5 Å². The first-order valence-corrected chi connectivity index (χ1v) is 9.23. The van der Waals surface area contributed by atoms with Gasteiger partial charge < -0.3 is 15.5 Å². The normalized spacial score (nSPS) is 29.7. The van der Waals surface area contributed by atoms with Gasteiger partial charge in [0.25, 0.3) is 0 Å². The summed E-state index contributed by atoms with van der Waals surface area (Å²) in [6, 6.07) is 19.4.